The second-order valence-corrected chi connectivity index (χ2v) is 6.66. The highest BCUT2D eigenvalue weighted by Gasteiger charge is 2.35. The minimum absolute atomic E-state index is 0.235. The molecule has 7 heteroatoms. The van der Waals surface area contributed by atoms with Crippen molar-refractivity contribution in [3.05, 3.63) is 75.5 Å². The molecule has 6 nitrogen and oxygen atoms in total. The Labute approximate surface area is 148 Å². The van der Waals surface area contributed by atoms with E-state index in [0.717, 1.165) is 27.6 Å². The molecule has 0 aliphatic carbocycles. The maximum atomic E-state index is 12.8. The molecule has 0 fully saturated rings. The van der Waals surface area contributed by atoms with Crippen LogP contribution in [0.2, 0.25) is 0 Å². The van der Waals surface area contributed by atoms with E-state index in [-0.39, 0.29) is 18.5 Å². The van der Waals surface area contributed by atoms with Gasteiger partial charge in [-0.2, -0.15) is 5.10 Å². The second-order valence-electron chi connectivity index (χ2n) is 5.73. The van der Waals surface area contributed by atoms with Crippen molar-refractivity contribution in [3.8, 4) is 0 Å². The lowest BCUT2D eigenvalue weighted by atomic mass is 9.89. The zero-order chi connectivity index (χ0) is 17.2. The van der Waals surface area contributed by atoms with Gasteiger partial charge in [0.1, 0.15) is 17.4 Å². The zero-order valence-electron chi connectivity index (χ0n) is 13.5. The van der Waals surface area contributed by atoms with Crippen LogP contribution in [0.3, 0.4) is 0 Å². The first-order chi connectivity index (χ1) is 12.2. The van der Waals surface area contributed by atoms with Crippen molar-refractivity contribution in [1.29, 1.82) is 0 Å². The minimum Gasteiger partial charge on any atom is -0.457 e. The van der Waals surface area contributed by atoms with Crippen LogP contribution >= 0.6 is 11.3 Å². The van der Waals surface area contributed by atoms with E-state index in [2.05, 4.69) is 20.5 Å². The van der Waals surface area contributed by atoms with Crippen molar-refractivity contribution in [2.75, 3.05) is 5.32 Å². The number of anilines is 1. The molecule has 0 amide bonds. The average molecular weight is 352 g/mol. The Balaban J connectivity index is 1.65. The molecule has 2 aromatic heterocycles. The molecule has 2 N–H and O–H groups in total. The lowest BCUT2D eigenvalue weighted by molar-refractivity contribution is -0.140. The number of esters is 1. The smallest absolute Gasteiger partial charge is 0.337 e. The Morgan fingerprint density at radius 1 is 1.32 bits per heavy atom. The van der Waals surface area contributed by atoms with Crippen LogP contribution in [0.5, 0.6) is 0 Å². The number of rotatable bonds is 4. The summed E-state index contributed by atoms with van der Waals surface area (Å²) in [6.45, 7) is 2.10. The molecule has 0 radical (unpaired) electrons. The molecule has 1 aliphatic heterocycles. The van der Waals surface area contributed by atoms with E-state index in [1.807, 2.05) is 42.6 Å². The SMILES string of the molecule is CC1=C(C(=O)OCc2ccccc2)C(c2nccs2)c2cn[nH]c2N1. The molecule has 25 heavy (non-hydrogen) atoms. The number of nitrogens with zero attached hydrogens (tertiary/aromatic N) is 2. The Hall–Kier alpha value is -2.93. The van der Waals surface area contributed by atoms with Crippen LogP contribution in [0.15, 0.2) is 59.4 Å². The number of allylic oxidation sites excluding steroid dienone is 1. The zero-order valence-corrected chi connectivity index (χ0v) is 14.3. The van der Waals surface area contributed by atoms with E-state index in [9.17, 15) is 4.79 Å². The highest BCUT2D eigenvalue weighted by molar-refractivity contribution is 7.09. The van der Waals surface area contributed by atoms with Gasteiger partial charge in [-0.3, -0.25) is 5.10 Å². The Kier molecular flexibility index (Phi) is 4.07. The van der Waals surface area contributed by atoms with Crippen molar-refractivity contribution in [3.63, 3.8) is 0 Å². The molecule has 1 aliphatic rings. The van der Waals surface area contributed by atoms with Gasteiger partial charge in [0, 0.05) is 22.8 Å². The highest BCUT2D eigenvalue weighted by Crippen LogP contribution is 2.41. The van der Waals surface area contributed by atoms with Gasteiger partial charge in [-0.15, -0.1) is 11.3 Å². The summed E-state index contributed by atoms with van der Waals surface area (Å²) < 4.78 is 5.57. The van der Waals surface area contributed by atoms with Gasteiger partial charge in [-0.05, 0) is 12.5 Å². The highest BCUT2D eigenvalue weighted by atomic mass is 32.1. The molecule has 1 aromatic carbocycles. The summed E-state index contributed by atoms with van der Waals surface area (Å²) in [5.41, 5.74) is 3.16. The van der Waals surface area contributed by atoms with Crippen molar-refractivity contribution >= 4 is 23.1 Å². The number of fused-ring (bicyclic) bond motifs is 1. The fraction of sp³-hybridized carbons (Fsp3) is 0.167. The Morgan fingerprint density at radius 3 is 2.92 bits per heavy atom. The van der Waals surface area contributed by atoms with E-state index < -0.39 is 0 Å². The first-order valence-electron chi connectivity index (χ1n) is 7.85. The lowest BCUT2D eigenvalue weighted by Crippen LogP contribution is -2.23. The average Bonchev–Trinajstić information content (AvgIpc) is 3.31. The topological polar surface area (TPSA) is 79.9 Å². The first-order valence-corrected chi connectivity index (χ1v) is 8.73. The van der Waals surface area contributed by atoms with E-state index in [1.165, 1.54) is 11.3 Å². The van der Waals surface area contributed by atoms with Gasteiger partial charge >= 0.3 is 5.97 Å². The maximum absolute atomic E-state index is 12.8. The van der Waals surface area contributed by atoms with Crippen molar-refractivity contribution in [2.24, 2.45) is 0 Å². The molecule has 0 saturated heterocycles. The molecule has 0 saturated carbocycles. The van der Waals surface area contributed by atoms with Crippen LogP contribution in [-0.2, 0) is 16.1 Å². The number of ether oxygens (including phenoxy) is 1. The summed E-state index contributed by atoms with van der Waals surface area (Å²) in [5.74, 6) is 0.163. The summed E-state index contributed by atoms with van der Waals surface area (Å²) in [6.07, 6.45) is 3.47. The number of aromatic amines is 1. The number of hydrogen-bond acceptors (Lipinski definition) is 6. The van der Waals surface area contributed by atoms with Crippen LogP contribution < -0.4 is 5.32 Å². The van der Waals surface area contributed by atoms with Gasteiger partial charge < -0.3 is 10.1 Å². The molecule has 1 atom stereocenters. The van der Waals surface area contributed by atoms with E-state index in [0.29, 0.717) is 5.57 Å². The Bertz CT molecular complexity index is 916. The number of carbonyl (C=O) groups is 1. The normalized spacial score (nSPS) is 16.3. The molecule has 0 spiro atoms. The maximum Gasteiger partial charge on any atom is 0.337 e. The summed E-state index contributed by atoms with van der Waals surface area (Å²) in [7, 11) is 0. The number of aromatic nitrogens is 3. The minimum atomic E-state index is -0.346. The summed E-state index contributed by atoms with van der Waals surface area (Å²) in [6, 6.07) is 9.64. The quantitative estimate of drug-likeness (QED) is 0.703. The van der Waals surface area contributed by atoms with Crippen LogP contribution in [-0.4, -0.2) is 21.2 Å². The number of H-pyrrole nitrogens is 1. The van der Waals surface area contributed by atoms with Crippen LogP contribution in [0.4, 0.5) is 5.82 Å². The molecular weight excluding hydrogens is 336 g/mol. The van der Waals surface area contributed by atoms with Crippen LogP contribution in [0.1, 0.15) is 29.0 Å². The van der Waals surface area contributed by atoms with Gasteiger partial charge in [0.15, 0.2) is 0 Å². The second kappa shape index (κ2) is 6.52. The van der Waals surface area contributed by atoms with E-state index in [4.69, 9.17) is 4.74 Å². The van der Waals surface area contributed by atoms with Crippen LogP contribution in [0, 0.1) is 0 Å². The Morgan fingerprint density at radius 2 is 2.16 bits per heavy atom. The number of thiazole rings is 1. The molecular formula is C18H16N4O2S. The van der Waals surface area contributed by atoms with Gasteiger partial charge in [-0.1, -0.05) is 30.3 Å². The molecule has 4 rings (SSSR count). The van der Waals surface area contributed by atoms with Crippen molar-refractivity contribution < 1.29 is 9.53 Å². The van der Waals surface area contributed by atoms with E-state index >= 15 is 0 Å². The molecule has 0 bridgehead atoms. The molecule has 3 heterocycles. The number of hydrogen-bond donors (Lipinski definition) is 2. The largest absolute Gasteiger partial charge is 0.457 e. The lowest BCUT2D eigenvalue weighted by Gasteiger charge is -2.25. The monoisotopic (exact) mass is 352 g/mol. The summed E-state index contributed by atoms with van der Waals surface area (Å²) >= 11 is 1.51. The fourth-order valence-corrected chi connectivity index (χ4v) is 3.71. The summed E-state index contributed by atoms with van der Waals surface area (Å²) in [5, 5.41) is 13.0. The van der Waals surface area contributed by atoms with Crippen LogP contribution in [0.25, 0.3) is 0 Å². The molecule has 126 valence electrons. The third-order valence-corrected chi connectivity index (χ3v) is 4.96. The fourth-order valence-electron chi connectivity index (χ4n) is 2.95. The summed E-state index contributed by atoms with van der Waals surface area (Å²) in [4.78, 5) is 17.3. The predicted molar refractivity (Wildman–Crippen MR) is 95.1 cm³/mol. The van der Waals surface area contributed by atoms with Gasteiger partial charge in [0.2, 0.25) is 0 Å². The van der Waals surface area contributed by atoms with Gasteiger partial charge in [-0.25, -0.2) is 9.78 Å². The van der Waals surface area contributed by atoms with E-state index in [1.54, 1.807) is 12.4 Å². The molecule has 1 unspecified atom stereocenters. The van der Waals surface area contributed by atoms with Crippen molar-refractivity contribution in [2.45, 2.75) is 19.4 Å². The number of carbonyl (C=O) groups excluding carboxylic acids is 1. The predicted octanol–water partition coefficient (Wildman–Crippen LogP) is 3.44. The van der Waals surface area contributed by atoms with Gasteiger partial charge in [0.05, 0.1) is 17.7 Å². The third-order valence-electron chi connectivity index (χ3n) is 4.12. The number of benzene rings is 1. The molecule has 3 aromatic rings. The van der Waals surface area contributed by atoms with Crippen molar-refractivity contribution in [1.82, 2.24) is 15.2 Å². The first kappa shape index (κ1) is 15.6. The van der Waals surface area contributed by atoms with Gasteiger partial charge in [0.25, 0.3) is 0 Å². The third kappa shape index (κ3) is 2.94. The standard InChI is InChI=1S/C18H16N4O2S/c1-11-14(18(23)24-10-12-5-3-2-4-6-12)15(17-19-7-8-25-17)13-9-20-22-16(13)21-11/h2-9,15H,10H2,1H3,(H2,20,21,22). The number of nitrogens with one attached hydrogen (secondary N) is 2.